The molecule has 1 N–H and O–H groups in total. The molecule has 0 bridgehead atoms. The number of amides is 1. The Kier molecular flexibility index (Phi) is 5.79. The van der Waals surface area contributed by atoms with Crippen LogP contribution in [0.5, 0.6) is 0 Å². The van der Waals surface area contributed by atoms with Crippen LogP contribution in [0, 0.1) is 25.2 Å². The van der Waals surface area contributed by atoms with Crippen molar-refractivity contribution in [1.82, 2.24) is 4.57 Å². The Morgan fingerprint density at radius 3 is 2.31 bits per heavy atom. The van der Waals surface area contributed by atoms with Crippen molar-refractivity contribution in [2.75, 3.05) is 5.32 Å². The Balaban J connectivity index is 1.64. The fraction of sp³-hybridized carbons (Fsp3) is 0.174. The van der Waals surface area contributed by atoms with Gasteiger partial charge in [-0.15, -0.1) is 0 Å². The van der Waals surface area contributed by atoms with Crippen molar-refractivity contribution in [3.63, 3.8) is 0 Å². The standard InChI is InChI=1S/C23H21N3O3/c1-15-7-8-16(2)26(15)21-11-9-19(10-12-21)23(28)29-17(3)22(27)25-20-6-4-5-18(13-20)14-24/h4-13,17H,1-3H3,(H,25,27)/t17-/m1/s1. The van der Waals surface area contributed by atoms with Crippen molar-refractivity contribution < 1.29 is 14.3 Å². The largest absolute Gasteiger partial charge is 0.449 e. The number of anilines is 1. The summed E-state index contributed by atoms with van der Waals surface area (Å²) in [5.41, 5.74) is 4.42. The molecule has 2 aromatic carbocycles. The van der Waals surface area contributed by atoms with E-state index in [1.807, 2.05) is 44.2 Å². The Hall–Kier alpha value is -3.85. The fourth-order valence-corrected chi connectivity index (χ4v) is 3.01. The molecule has 1 heterocycles. The lowest BCUT2D eigenvalue weighted by Gasteiger charge is -2.14. The molecule has 0 aliphatic rings. The third kappa shape index (κ3) is 4.53. The molecule has 146 valence electrons. The molecular formula is C23H21N3O3. The first kappa shape index (κ1) is 19.9. The van der Waals surface area contributed by atoms with Gasteiger partial charge in [0.15, 0.2) is 6.10 Å². The van der Waals surface area contributed by atoms with Crippen LogP contribution >= 0.6 is 0 Å². The third-order valence-electron chi connectivity index (χ3n) is 4.54. The number of esters is 1. The maximum absolute atomic E-state index is 12.4. The van der Waals surface area contributed by atoms with E-state index in [1.54, 1.807) is 36.4 Å². The van der Waals surface area contributed by atoms with Crippen molar-refractivity contribution in [2.45, 2.75) is 26.9 Å². The molecule has 0 saturated carbocycles. The smallest absolute Gasteiger partial charge is 0.338 e. The summed E-state index contributed by atoms with van der Waals surface area (Å²) in [6.45, 7) is 5.53. The summed E-state index contributed by atoms with van der Waals surface area (Å²) >= 11 is 0. The van der Waals surface area contributed by atoms with Crippen LogP contribution in [0.25, 0.3) is 5.69 Å². The van der Waals surface area contributed by atoms with Crippen LogP contribution in [0.15, 0.2) is 60.7 Å². The van der Waals surface area contributed by atoms with Gasteiger partial charge in [-0.2, -0.15) is 5.26 Å². The molecule has 3 aromatic rings. The number of aryl methyl sites for hydroxylation is 2. The molecule has 0 saturated heterocycles. The van der Waals surface area contributed by atoms with Gasteiger partial charge >= 0.3 is 5.97 Å². The van der Waals surface area contributed by atoms with E-state index in [-0.39, 0.29) is 0 Å². The molecule has 0 unspecified atom stereocenters. The number of benzene rings is 2. The highest BCUT2D eigenvalue weighted by Gasteiger charge is 2.19. The van der Waals surface area contributed by atoms with E-state index in [4.69, 9.17) is 10.00 Å². The van der Waals surface area contributed by atoms with Crippen molar-refractivity contribution in [2.24, 2.45) is 0 Å². The predicted molar refractivity (Wildman–Crippen MR) is 110 cm³/mol. The molecule has 0 spiro atoms. The normalized spacial score (nSPS) is 11.4. The maximum Gasteiger partial charge on any atom is 0.338 e. The average molecular weight is 387 g/mol. The highest BCUT2D eigenvalue weighted by molar-refractivity contribution is 5.97. The number of nitrogens with one attached hydrogen (secondary N) is 1. The highest BCUT2D eigenvalue weighted by Crippen LogP contribution is 2.18. The van der Waals surface area contributed by atoms with Gasteiger partial charge in [-0.25, -0.2) is 4.79 Å². The minimum absolute atomic E-state index is 0.363. The summed E-state index contributed by atoms with van der Waals surface area (Å²) in [6, 6.07) is 19.6. The minimum Gasteiger partial charge on any atom is -0.449 e. The van der Waals surface area contributed by atoms with Gasteiger partial charge in [0, 0.05) is 22.8 Å². The van der Waals surface area contributed by atoms with E-state index in [0.717, 1.165) is 17.1 Å². The predicted octanol–water partition coefficient (Wildman–Crippen LogP) is 4.15. The summed E-state index contributed by atoms with van der Waals surface area (Å²) in [7, 11) is 0. The number of aromatic nitrogens is 1. The van der Waals surface area contributed by atoms with E-state index in [2.05, 4.69) is 9.88 Å². The molecular weight excluding hydrogens is 366 g/mol. The highest BCUT2D eigenvalue weighted by atomic mass is 16.5. The van der Waals surface area contributed by atoms with Gasteiger partial charge in [0.2, 0.25) is 0 Å². The fourth-order valence-electron chi connectivity index (χ4n) is 3.01. The number of carbonyl (C=O) groups is 2. The first-order valence-electron chi connectivity index (χ1n) is 9.16. The monoisotopic (exact) mass is 387 g/mol. The van der Waals surface area contributed by atoms with Gasteiger partial charge in [-0.3, -0.25) is 4.79 Å². The topological polar surface area (TPSA) is 84.1 Å². The Labute approximate surface area is 169 Å². The van der Waals surface area contributed by atoms with Crippen LogP contribution in [-0.2, 0) is 9.53 Å². The number of hydrogen-bond donors (Lipinski definition) is 1. The number of rotatable bonds is 5. The third-order valence-corrected chi connectivity index (χ3v) is 4.54. The molecule has 0 radical (unpaired) electrons. The zero-order valence-electron chi connectivity index (χ0n) is 16.5. The summed E-state index contributed by atoms with van der Waals surface area (Å²) < 4.78 is 7.37. The van der Waals surface area contributed by atoms with Crippen LogP contribution in [0.4, 0.5) is 5.69 Å². The SMILES string of the molecule is Cc1ccc(C)n1-c1ccc(C(=O)O[C@H](C)C(=O)Nc2cccc(C#N)c2)cc1. The van der Waals surface area contributed by atoms with E-state index in [1.165, 1.54) is 6.92 Å². The lowest BCUT2D eigenvalue weighted by Crippen LogP contribution is -2.30. The summed E-state index contributed by atoms with van der Waals surface area (Å²) in [5, 5.41) is 11.6. The molecule has 1 aromatic heterocycles. The van der Waals surface area contributed by atoms with Crippen LogP contribution in [0.3, 0.4) is 0 Å². The quantitative estimate of drug-likeness (QED) is 0.667. The number of nitriles is 1. The second kappa shape index (κ2) is 8.44. The zero-order chi connectivity index (χ0) is 21.0. The van der Waals surface area contributed by atoms with Crippen LogP contribution < -0.4 is 5.32 Å². The van der Waals surface area contributed by atoms with Crippen molar-refractivity contribution >= 4 is 17.6 Å². The summed E-state index contributed by atoms with van der Waals surface area (Å²) in [6.07, 6.45) is -0.984. The Morgan fingerprint density at radius 1 is 1.03 bits per heavy atom. The lowest BCUT2D eigenvalue weighted by atomic mass is 10.2. The number of nitrogens with zero attached hydrogens (tertiary/aromatic N) is 2. The molecule has 1 atom stereocenters. The summed E-state index contributed by atoms with van der Waals surface area (Å²) in [4.78, 5) is 24.7. The van der Waals surface area contributed by atoms with Crippen LogP contribution in [0.2, 0.25) is 0 Å². The van der Waals surface area contributed by atoms with Crippen molar-refractivity contribution in [3.8, 4) is 11.8 Å². The molecule has 3 rings (SSSR count). The van der Waals surface area contributed by atoms with Gasteiger partial charge < -0.3 is 14.6 Å². The Morgan fingerprint density at radius 2 is 1.69 bits per heavy atom. The summed E-state index contributed by atoms with van der Waals surface area (Å²) in [5.74, 6) is -1.05. The van der Waals surface area contributed by atoms with Gasteiger partial charge in [0.1, 0.15) is 0 Å². The number of hydrogen-bond acceptors (Lipinski definition) is 4. The molecule has 6 heteroatoms. The molecule has 29 heavy (non-hydrogen) atoms. The van der Waals surface area contributed by atoms with E-state index >= 15 is 0 Å². The second-order valence-corrected chi connectivity index (χ2v) is 6.73. The van der Waals surface area contributed by atoms with Gasteiger partial charge in [-0.1, -0.05) is 6.07 Å². The van der Waals surface area contributed by atoms with Crippen LogP contribution in [-0.4, -0.2) is 22.5 Å². The average Bonchev–Trinajstić information content (AvgIpc) is 3.06. The van der Waals surface area contributed by atoms with Crippen molar-refractivity contribution in [1.29, 1.82) is 5.26 Å². The van der Waals surface area contributed by atoms with Crippen LogP contribution in [0.1, 0.15) is 34.2 Å². The van der Waals surface area contributed by atoms with Gasteiger partial charge in [0.05, 0.1) is 17.2 Å². The zero-order valence-corrected chi connectivity index (χ0v) is 16.5. The first-order valence-corrected chi connectivity index (χ1v) is 9.16. The molecule has 0 aliphatic heterocycles. The first-order chi connectivity index (χ1) is 13.9. The van der Waals surface area contributed by atoms with E-state index in [9.17, 15) is 9.59 Å². The van der Waals surface area contributed by atoms with Gasteiger partial charge in [0.25, 0.3) is 5.91 Å². The van der Waals surface area contributed by atoms with E-state index < -0.39 is 18.0 Å². The number of carbonyl (C=O) groups excluding carboxylic acids is 2. The maximum atomic E-state index is 12.4. The molecule has 1 amide bonds. The van der Waals surface area contributed by atoms with Gasteiger partial charge in [-0.05, 0) is 75.4 Å². The number of ether oxygens (including phenoxy) is 1. The second-order valence-electron chi connectivity index (χ2n) is 6.73. The molecule has 0 aliphatic carbocycles. The Bertz CT molecular complexity index is 1070. The molecule has 6 nitrogen and oxygen atoms in total. The molecule has 0 fully saturated rings. The minimum atomic E-state index is -0.984. The van der Waals surface area contributed by atoms with Crippen molar-refractivity contribution in [3.05, 3.63) is 83.2 Å². The van der Waals surface area contributed by atoms with E-state index in [0.29, 0.717) is 16.8 Å². The lowest BCUT2D eigenvalue weighted by molar-refractivity contribution is -0.123.